The summed E-state index contributed by atoms with van der Waals surface area (Å²) in [5, 5.41) is 13.3. The standard InChI is InChI=1S/C19H22N4O2/c1-4-11-24-16-9-7-14(8-10-16)13-21-23-19-17(12-20)22-18(25-19)15(5-2)6-3/h4,7-10,13,15,23H,1,5-6,11H2,2-3H3. The van der Waals surface area contributed by atoms with Crippen LogP contribution in [0.25, 0.3) is 0 Å². The van der Waals surface area contributed by atoms with Crippen molar-refractivity contribution >= 4 is 12.1 Å². The van der Waals surface area contributed by atoms with Crippen molar-refractivity contribution in [3.8, 4) is 11.8 Å². The number of aromatic nitrogens is 1. The molecular weight excluding hydrogens is 316 g/mol. The Hall–Kier alpha value is -3.07. The minimum absolute atomic E-state index is 0.203. The number of nitrogens with one attached hydrogen (secondary N) is 1. The minimum Gasteiger partial charge on any atom is -0.490 e. The highest BCUT2D eigenvalue weighted by Gasteiger charge is 2.18. The number of ether oxygens (including phenoxy) is 1. The molecule has 2 rings (SSSR count). The first kappa shape index (κ1) is 18.3. The molecule has 0 saturated heterocycles. The first-order chi connectivity index (χ1) is 12.2. The summed E-state index contributed by atoms with van der Waals surface area (Å²) in [4.78, 5) is 4.25. The summed E-state index contributed by atoms with van der Waals surface area (Å²) in [6, 6.07) is 9.49. The molecule has 25 heavy (non-hydrogen) atoms. The Morgan fingerprint density at radius 3 is 2.68 bits per heavy atom. The fourth-order valence-corrected chi connectivity index (χ4v) is 2.27. The van der Waals surface area contributed by atoms with E-state index in [2.05, 4.69) is 35.9 Å². The van der Waals surface area contributed by atoms with Crippen molar-refractivity contribution in [2.24, 2.45) is 5.10 Å². The molecule has 1 aromatic carbocycles. The van der Waals surface area contributed by atoms with E-state index in [1.165, 1.54) is 0 Å². The van der Waals surface area contributed by atoms with E-state index in [1.807, 2.05) is 30.3 Å². The Kier molecular flexibility index (Phi) is 6.78. The van der Waals surface area contributed by atoms with Gasteiger partial charge in [-0.1, -0.05) is 26.5 Å². The van der Waals surface area contributed by atoms with E-state index < -0.39 is 0 Å². The maximum Gasteiger partial charge on any atom is 0.252 e. The molecule has 0 saturated carbocycles. The van der Waals surface area contributed by atoms with Crippen LogP contribution in [0.5, 0.6) is 5.75 Å². The van der Waals surface area contributed by atoms with E-state index in [1.54, 1.807) is 12.3 Å². The van der Waals surface area contributed by atoms with Crippen LogP contribution in [-0.2, 0) is 0 Å². The van der Waals surface area contributed by atoms with Crippen LogP contribution in [0.15, 0.2) is 46.4 Å². The molecular formula is C19H22N4O2. The highest BCUT2D eigenvalue weighted by molar-refractivity contribution is 5.80. The summed E-state index contributed by atoms with van der Waals surface area (Å²) in [5.41, 5.74) is 3.86. The van der Waals surface area contributed by atoms with Gasteiger partial charge in [-0.25, -0.2) is 10.4 Å². The number of hydrazone groups is 1. The molecule has 0 radical (unpaired) electrons. The Morgan fingerprint density at radius 2 is 2.08 bits per heavy atom. The summed E-state index contributed by atoms with van der Waals surface area (Å²) >= 11 is 0. The highest BCUT2D eigenvalue weighted by atomic mass is 16.5. The Labute approximate surface area is 147 Å². The lowest BCUT2D eigenvalue weighted by atomic mass is 10.0. The number of anilines is 1. The summed E-state index contributed by atoms with van der Waals surface area (Å²) in [6.45, 7) is 8.21. The first-order valence-corrected chi connectivity index (χ1v) is 8.25. The minimum atomic E-state index is 0.203. The number of oxazole rings is 1. The van der Waals surface area contributed by atoms with E-state index in [-0.39, 0.29) is 17.5 Å². The Balaban J connectivity index is 2.04. The molecule has 0 atom stereocenters. The van der Waals surface area contributed by atoms with Gasteiger partial charge < -0.3 is 9.15 Å². The van der Waals surface area contributed by atoms with Gasteiger partial charge in [0.1, 0.15) is 18.4 Å². The summed E-state index contributed by atoms with van der Waals surface area (Å²) in [6.07, 6.45) is 5.15. The molecule has 6 nitrogen and oxygen atoms in total. The molecule has 0 aliphatic rings. The van der Waals surface area contributed by atoms with E-state index in [9.17, 15) is 5.26 Å². The number of nitrogens with zero attached hydrogens (tertiary/aromatic N) is 3. The second kappa shape index (κ2) is 9.28. The van der Waals surface area contributed by atoms with Crippen LogP contribution in [0.2, 0.25) is 0 Å². The van der Waals surface area contributed by atoms with Crippen molar-refractivity contribution in [2.45, 2.75) is 32.6 Å². The normalized spacial score (nSPS) is 10.8. The Morgan fingerprint density at radius 1 is 1.36 bits per heavy atom. The molecule has 1 aromatic heterocycles. The maximum atomic E-state index is 9.19. The maximum absolute atomic E-state index is 9.19. The van der Waals surface area contributed by atoms with Gasteiger partial charge in [0.15, 0.2) is 0 Å². The van der Waals surface area contributed by atoms with Crippen molar-refractivity contribution in [3.63, 3.8) is 0 Å². The van der Waals surface area contributed by atoms with E-state index >= 15 is 0 Å². The summed E-state index contributed by atoms with van der Waals surface area (Å²) in [5.74, 6) is 1.81. The van der Waals surface area contributed by atoms with Crippen molar-refractivity contribution in [3.05, 3.63) is 54.1 Å². The Bertz CT molecular complexity index is 753. The predicted octanol–water partition coefficient (Wildman–Crippen LogP) is 4.46. The van der Waals surface area contributed by atoms with Crippen LogP contribution >= 0.6 is 0 Å². The van der Waals surface area contributed by atoms with Crippen molar-refractivity contribution in [1.29, 1.82) is 5.26 Å². The lowest BCUT2D eigenvalue weighted by molar-refractivity contribution is 0.363. The quantitative estimate of drug-likeness (QED) is 0.414. The fraction of sp³-hybridized carbons (Fsp3) is 0.316. The van der Waals surface area contributed by atoms with Gasteiger partial charge in [-0.2, -0.15) is 10.4 Å². The third-order valence-corrected chi connectivity index (χ3v) is 3.71. The molecule has 0 bridgehead atoms. The van der Waals surface area contributed by atoms with Gasteiger partial charge in [0.05, 0.1) is 6.21 Å². The highest BCUT2D eigenvalue weighted by Crippen LogP contribution is 2.27. The van der Waals surface area contributed by atoms with E-state index in [0.717, 1.165) is 24.2 Å². The molecule has 0 spiro atoms. The molecule has 0 amide bonds. The number of nitriles is 1. The summed E-state index contributed by atoms with van der Waals surface area (Å²) < 4.78 is 11.1. The van der Waals surface area contributed by atoms with Crippen LogP contribution in [0, 0.1) is 11.3 Å². The molecule has 1 N–H and O–H groups in total. The zero-order valence-electron chi connectivity index (χ0n) is 14.5. The van der Waals surface area contributed by atoms with Gasteiger partial charge in [0.2, 0.25) is 11.6 Å². The number of benzene rings is 1. The largest absolute Gasteiger partial charge is 0.490 e. The zero-order chi connectivity index (χ0) is 18.1. The second-order valence-electron chi connectivity index (χ2n) is 5.39. The molecule has 6 heteroatoms. The number of hydrogen-bond donors (Lipinski definition) is 1. The van der Waals surface area contributed by atoms with Crippen LogP contribution < -0.4 is 10.2 Å². The first-order valence-electron chi connectivity index (χ1n) is 8.25. The van der Waals surface area contributed by atoms with Gasteiger partial charge in [0, 0.05) is 5.92 Å². The van der Waals surface area contributed by atoms with Crippen molar-refractivity contribution in [1.82, 2.24) is 4.98 Å². The summed E-state index contributed by atoms with van der Waals surface area (Å²) in [7, 11) is 0. The van der Waals surface area contributed by atoms with Crippen LogP contribution in [0.4, 0.5) is 5.88 Å². The van der Waals surface area contributed by atoms with Crippen molar-refractivity contribution in [2.75, 3.05) is 12.0 Å². The molecule has 0 aliphatic carbocycles. The van der Waals surface area contributed by atoms with Crippen LogP contribution in [0.1, 0.15) is 49.8 Å². The topological polar surface area (TPSA) is 83.4 Å². The van der Waals surface area contributed by atoms with Gasteiger partial charge in [-0.3, -0.25) is 0 Å². The van der Waals surface area contributed by atoms with Gasteiger partial charge >= 0.3 is 0 Å². The van der Waals surface area contributed by atoms with Gasteiger partial charge in [-0.15, -0.1) is 0 Å². The molecule has 2 aromatic rings. The molecule has 1 heterocycles. The van der Waals surface area contributed by atoms with Crippen molar-refractivity contribution < 1.29 is 9.15 Å². The number of hydrogen-bond acceptors (Lipinski definition) is 6. The second-order valence-corrected chi connectivity index (χ2v) is 5.39. The molecule has 130 valence electrons. The third kappa shape index (κ3) is 4.95. The third-order valence-electron chi connectivity index (χ3n) is 3.71. The van der Waals surface area contributed by atoms with Gasteiger partial charge in [-0.05, 0) is 42.7 Å². The molecule has 0 fully saturated rings. The zero-order valence-corrected chi connectivity index (χ0v) is 14.5. The number of rotatable bonds is 9. The van der Waals surface area contributed by atoms with Crippen LogP contribution in [-0.4, -0.2) is 17.8 Å². The lowest BCUT2D eigenvalue weighted by Gasteiger charge is -2.05. The predicted molar refractivity (Wildman–Crippen MR) is 97.9 cm³/mol. The van der Waals surface area contributed by atoms with E-state index in [4.69, 9.17) is 9.15 Å². The average molecular weight is 338 g/mol. The molecule has 0 aliphatic heterocycles. The monoisotopic (exact) mass is 338 g/mol. The lowest BCUT2D eigenvalue weighted by Crippen LogP contribution is -1.95. The van der Waals surface area contributed by atoms with Gasteiger partial charge in [0.25, 0.3) is 5.88 Å². The van der Waals surface area contributed by atoms with E-state index in [0.29, 0.717) is 12.5 Å². The SMILES string of the molecule is C=CCOc1ccc(C=NNc2oc(C(CC)CC)nc2C#N)cc1. The van der Waals surface area contributed by atoms with Crippen LogP contribution in [0.3, 0.4) is 0 Å². The average Bonchev–Trinajstić information content (AvgIpc) is 3.05. The fourth-order valence-electron chi connectivity index (χ4n) is 2.27. The molecule has 0 unspecified atom stereocenters. The smallest absolute Gasteiger partial charge is 0.252 e.